The Morgan fingerprint density at radius 1 is 1.14 bits per heavy atom. The van der Waals surface area contributed by atoms with Crippen molar-refractivity contribution in [3.63, 3.8) is 0 Å². The van der Waals surface area contributed by atoms with Crippen molar-refractivity contribution < 1.29 is 13.2 Å². The zero-order valence-electron chi connectivity index (χ0n) is 14.9. The number of anilines is 1. The second-order valence-corrected chi connectivity index (χ2v) is 9.39. The van der Waals surface area contributed by atoms with Crippen molar-refractivity contribution in [2.75, 3.05) is 18.4 Å². The summed E-state index contributed by atoms with van der Waals surface area (Å²) < 4.78 is 28.7. The molecule has 1 saturated heterocycles. The Labute approximate surface area is 165 Å². The number of hydrogen-bond donors (Lipinski definition) is 1. The van der Waals surface area contributed by atoms with Gasteiger partial charge in [0.15, 0.2) is 5.13 Å². The number of fused-ring (bicyclic) bond motifs is 1. The molecular formula is C18H18N4O4S2. The van der Waals surface area contributed by atoms with E-state index in [2.05, 4.69) is 10.3 Å². The summed E-state index contributed by atoms with van der Waals surface area (Å²) in [6.07, 6.45) is 2.97. The highest BCUT2D eigenvalue weighted by Crippen LogP contribution is 2.25. The van der Waals surface area contributed by atoms with E-state index in [1.54, 1.807) is 0 Å². The van der Waals surface area contributed by atoms with E-state index in [1.807, 2.05) is 24.3 Å². The van der Waals surface area contributed by atoms with Gasteiger partial charge in [0.25, 0.3) is 5.56 Å². The molecule has 8 nitrogen and oxygen atoms in total. The number of benzene rings is 1. The lowest BCUT2D eigenvalue weighted by molar-refractivity contribution is -0.116. The van der Waals surface area contributed by atoms with Gasteiger partial charge in [-0.25, -0.2) is 13.4 Å². The topological polar surface area (TPSA) is 101 Å². The highest BCUT2D eigenvalue weighted by atomic mass is 32.2. The average Bonchev–Trinajstić information content (AvgIpc) is 3.32. The number of sulfonamides is 1. The normalized spacial score (nSPS) is 15.1. The van der Waals surface area contributed by atoms with E-state index in [-0.39, 0.29) is 11.4 Å². The Morgan fingerprint density at radius 2 is 1.89 bits per heavy atom. The summed E-state index contributed by atoms with van der Waals surface area (Å²) in [6.45, 7) is 0.529. The van der Waals surface area contributed by atoms with Crippen molar-refractivity contribution in [1.82, 2.24) is 13.9 Å². The van der Waals surface area contributed by atoms with Crippen LogP contribution in [0.5, 0.6) is 0 Å². The van der Waals surface area contributed by atoms with Gasteiger partial charge in [-0.05, 0) is 37.1 Å². The summed E-state index contributed by atoms with van der Waals surface area (Å²) >= 11 is 1.33. The lowest BCUT2D eigenvalue weighted by atomic mass is 10.3. The van der Waals surface area contributed by atoms with Gasteiger partial charge in [0.2, 0.25) is 15.9 Å². The van der Waals surface area contributed by atoms with Gasteiger partial charge in [-0.15, -0.1) is 0 Å². The van der Waals surface area contributed by atoms with Crippen LogP contribution in [0, 0.1) is 0 Å². The van der Waals surface area contributed by atoms with E-state index >= 15 is 0 Å². The summed E-state index contributed by atoms with van der Waals surface area (Å²) in [4.78, 5) is 29.1. The van der Waals surface area contributed by atoms with E-state index in [0.29, 0.717) is 18.2 Å². The van der Waals surface area contributed by atoms with Crippen LogP contribution in [0.15, 0.2) is 52.3 Å². The molecule has 0 saturated carbocycles. The van der Waals surface area contributed by atoms with Crippen molar-refractivity contribution in [1.29, 1.82) is 0 Å². The molecule has 0 atom stereocenters. The van der Waals surface area contributed by atoms with E-state index in [1.165, 1.54) is 34.0 Å². The Balaban J connectivity index is 1.54. The summed E-state index contributed by atoms with van der Waals surface area (Å²) in [5, 5.41) is 3.10. The first-order chi connectivity index (χ1) is 13.4. The zero-order chi connectivity index (χ0) is 19.7. The maximum Gasteiger partial charge on any atom is 0.271 e. The first kappa shape index (κ1) is 18.8. The van der Waals surface area contributed by atoms with E-state index < -0.39 is 21.5 Å². The van der Waals surface area contributed by atoms with Gasteiger partial charge >= 0.3 is 0 Å². The van der Waals surface area contributed by atoms with Gasteiger partial charge in [-0.1, -0.05) is 23.5 Å². The van der Waals surface area contributed by atoms with Gasteiger partial charge in [-0.3, -0.25) is 9.59 Å². The minimum absolute atomic E-state index is 0.294. The number of nitrogens with one attached hydrogen (secondary N) is 1. The summed E-state index contributed by atoms with van der Waals surface area (Å²) in [7, 11) is -3.85. The first-order valence-electron chi connectivity index (χ1n) is 8.80. The lowest BCUT2D eigenvalue weighted by Crippen LogP contribution is -2.36. The van der Waals surface area contributed by atoms with Crippen molar-refractivity contribution in [2.45, 2.75) is 24.3 Å². The van der Waals surface area contributed by atoms with E-state index in [0.717, 1.165) is 27.6 Å². The third-order valence-electron chi connectivity index (χ3n) is 4.52. The molecule has 0 radical (unpaired) electrons. The van der Waals surface area contributed by atoms with Crippen LogP contribution in [0.1, 0.15) is 12.8 Å². The molecular weight excluding hydrogens is 400 g/mol. The molecule has 1 aromatic carbocycles. The number of amides is 1. The molecule has 1 aliphatic rings. The number of thiazole rings is 1. The molecule has 1 N–H and O–H groups in total. The summed E-state index contributed by atoms with van der Waals surface area (Å²) in [6, 6.07) is 10.3. The smallest absolute Gasteiger partial charge is 0.271 e. The van der Waals surface area contributed by atoms with Crippen LogP contribution < -0.4 is 10.9 Å². The van der Waals surface area contributed by atoms with E-state index in [4.69, 9.17) is 0 Å². The summed E-state index contributed by atoms with van der Waals surface area (Å²) in [5.41, 5.74) is 0.0764. The maximum atomic E-state index is 12.7. The SMILES string of the molecule is O=C(Cn1cccc(S(=O)(=O)N2CCCC2)c1=O)Nc1nc2ccccc2s1. The molecule has 0 spiro atoms. The molecule has 2 aromatic heterocycles. The van der Waals surface area contributed by atoms with Crippen LogP contribution in [0.4, 0.5) is 5.13 Å². The fourth-order valence-electron chi connectivity index (χ4n) is 3.14. The number of pyridine rings is 1. The Morgan fingerprint density at radius 3 is 2.64 bits per heavy atom. The molecule has 1 fully saturated rings. The van der Waals surface area contributed by atoms with Gasteiger partial charge in [0.05, 0.1) is 10.2 Å². The van der Waals surface area contributed by atoms with Crippen LogP contribution in [-0.2, 0) is 21.4 Å². The molecule has 0 unspecified atom stereocenters. The molecule has 1 aliphatic heterocycles. The van der Waals surface area contributed by atoms with Crippen LogP contribution in [-0.4, -0.2) is 41.3 Å². The minimum atomic E-state index is -3.85. The maximum absolute atomic E-state index is 12.7. The molecule has 10 heteroatoms. The monoisotopic (exact) mass is 418 g/mol. The highest BCUT2D eigenvalue weighted by Gasteiger charge is 2.30. The van der Waals surface area contributed by atoms with Crippen molar-refractivity contribution >= 4 is 42.6 Å². The number of rotatable bonds is 5. The Hall–Kier alpha value is -2.56. The number of hydrogen-bond acceptors (Lipinski definition) is 6. The molecule has 146 valence electrons. The number of para-hydroxylation sites is 1. The van der Waals surface area contributed by atoms with Gasteiger partial charge in [0, 0.05) is 19.3 Å². The van der Waals surface area contributed by atoms with E-state index in [9.17, 15) is 18.0 Å². The lowest BCUT2D eigenvalue weighted by Gasteiger charge is -2.15. The van der Waals surface area contributed by atoms with Crippen molar-refractivity contribution in [3.8, 4) is 0 Å². The van der Waals surface area contributed by atoms with Crippen molar-refractivity contribution in [3.05, 3.63) is 52.9 Å². The fourth-order valence-corrected chi connectivity index (χ4v) is 5.63. The Bertz CT molecular complexity index is 1160. The molecule has 4 rings (SSSR count). The largest absolute Gasteiger partial charge is 0.305 e. The van der Waals surface area contributed by atoms with Gasteiger partial charge in [-0.2, -0.15) is 4.31 Å². The summed E-state index contributed by atoms with van der Waals surface area (Å²) in [5.74, 6) is -0.447. The quantitative estimate of drug-likeness (QED) is 0.682. The highest BCUT2D eigenvalue weighted by molar-refractivity contribution is 7.89. The Kier molecular flexibility index (Phi) is 5.00. The third-order valence-corrected chi connectivity index (χ3v) is 7.39. The third kappa shape index (κ3) is 3.58. The molecule has 3 aromatic rings. The standard InChI is InChI=1S/C18H18N4O4S2/c23-16(20-18-19-13-6-1-2-7-14(13)27-18)12-21-9-5-8-15(17(21)24)28(25,26)22-10-3-4-11-22/h1-2,5-9H,3-4,10-12H2,(H,19,20,23). The first-order valence-corrected chi connectivity index (χ1v) is 11.1. The fraction of sp³-hybridized carbons (Fsp3) is 0.278. The minimum Gasteiger partial charge on any atom is -0.305 e. The second kappa shape index (κ2) is 7.46. The molecule has 0 bridgehead atoms. The number of nitrogens with zero attached hydrogens (tertiary/aromatic N) is 3. The van der Waals surface area contributed by atoms with Gasteiger partial charge in [0.1, 0.15) is 11.4 Å². The zero-order valence-corrected chi connectivity index (χ0v) is 16.5. The molecule has 28 heavy (non-hydrogen) atoms. The van der Waals surface area contributed by atoms with Crippen LogP contribution in [0.3, 0.4) is 0 Å². The number of carbonyl (C=O) groups excluding carboxylic acids is 1. The second-order valence-electron chi connectivity index (χ2n) is 6.45. The molecule has 0 aliphatic carbocycles. The number of carbonyl (C=O) groups is 1. The van der Waals surface area contributed by atoms with Crippen LogP contribution in [0.25, 0.3) is 10.2 Å². The van der Waals surface area contributed by atoms with Crippen LogP contribution in [0.2, 0.25) is 0 Å². The van der Waals surface area contributed by atoms with Gasteiger partial charge < -0.3 is 9.88 Å². The van der Waals surface area contributed by atoms with Crippen molar-refractivity contribution in [2.24, 2.45) is 0 Å². The number of aromatic nitrogens is 2. The molecule has 3 heterocycles. The molecule has 1 amide bonds. The predicted octanol–water partition coefficient (Wildman–Crippen LogP) is 1.88. The van der Waals surface area contributed by atoms with Crippen LogP contribution >= 0.6 is 11.3 Å². The predicted molar refractivity (Wildman–Crippen MR) is 107 cm³/mol. The average molecular weight is 418 g/mol.